The van der Waals surface area contributed by atoms with E-state index in [1.807, 2.05) is 12.1 Å². The normalized spacial score (nSPS) is 26.3. The predicted molar refractivity (Wildman–Crippen MR) is 89.2 cm³/mol. The Labute approximate surface area is 144 Å². The summed E-state index contributed by atoms with van der Waals surface area (Å²) in [5, 5.41) is 3.38. The Balaban J connectivity index is 1.98. The summed E-state index contributed by atoms with van der Waals surface area (Å²) in [7, 11) is 1.38. The monoisotopic (exact) mass is 383 g/mol. The minimum atomic E-state index is -0.607. The second kappa shape index (κ2) is 6.89. The second-order valence-corrected chi connectivity index (χ2v) is 6.96. The van der Waals surface area contributed by atoms with E-state index in [0.717, 1.165) is 42.4 Å². The molecule has 0 aliphatic carbocycles. The van der Waals surface area contributed by atoms with Crippen LogP contribution in [-0.2, 0) is 24.6 Å². The van der Waals surface area contributed by atoms with E-state index in [0.29, 0.717) is 6.61 Å². The smallest absolute Gasteiger partial charge is 0.331 e. The van der Waals surface area contributed by atoms with Crippen molar-refractivity contribution in [2.75, 3.05) is 33.4 Å². The lowest BCUT2D eigenvalue weighted by molar-refractivity contribution is -0.185. The number of piperidine rings is 1. The molecular weight excluding hydrogens is 362 g/mol. The highest BCUT2D eigenvalue weighted by Crippen LogP contribution is 2.51. The van der Waals surface area contributed by atoms with Crippen LogP contribution in [0.4, 0.5) is 0 Å². The van der Waals surface area contributed by atoms with E-state index in [4.69, 9.17) is 14.2 Å². The first-order valence-electron chi connectivity index (χ1n) is 7.93. The number of rotatable bonds is 4. The van der Waals surface area contributed by atoms with Crippen LogP contribution in [0, 0.1) is 0 Å². The summed E-state index contributed by atoms with van der Waals surface area (Å²) in [5.41, 5.74) is 0.0633. The predicted octanol–water partition coefficient (Wildman–Crippen LogP) is 2.38. The third-order valence-corrected chi connectivity index (χ3v) is 5.48. The molecule has 3 rings (SSSR count). The highest BCUT2D eigenvalue weighted by atomic mass is 79.9. The summed E-state index contributed by atoms with van der Waals surface area (Å²) in [4.78, 5) is 11.7. The molecule has 2 heterocycles. The van der Waals surface area contributed by atoms with Crippen molar-refractivity contribution in [1.29, 1.82) is 0 Å². The Morgan fingerprint density at radius 1 is 1.26 bits per heavy atom. The maximum atomic E-state index is 11.7. The van der Waals surface area contributed by atoms with E-state index >= 15 is 0 Å². The van der Waals surface area contributed by atoms with Crippen molar-refractivity contribution in [1.82, 2.24) is 5.32 Å². The minimum absolute atomic E-state index is 0.0644. The second-order valence-electron chi connectivity index (χ2n) is 6.04. The molecule has 1 atom stereocenters. The van der Waals surface area contributed by atoms with Gasteiger partial charge in [-0.25, -0.2) is 4.79 Å². The van der Waals surface area contributed by atoms with Gasteiger partial charge in [-0.15, -0.1) is 0 Å². The number of halogens is 1. The van der Waals surface area contributed by atoms with Gasteiger partial charge in [0, 0.05) is 10.9 Å². The molecule has 1 spiro atoms. The zero-order chi connectivity index (χ0) is 16.3. The molecule has 23 heavy (non-hydrogen) atoms. The highest BCUT2D eigenvalue weighted by Gasteiger charge is 2.58. The van der Waals surface area contributed by atoms with E-state index in [9.17, 15) is 4.79 Å². The first-order valence-corrected chi connectivity index (χ1v) is 8.73. The average molecular weight is 384 g/mol. The lowest BCUT2D eigenvalue weighted by atomic mass is 9.72. The van der Waals surface area contributed by atoms with Crippen LogP contribution in [-0.4, -0.2) is 45.0 Å². The molecule has 126 valence electrons. The van der Waals surface area contributed by atoms with Gasteiger partial charge in [0.25, 0.3) is 0 Å². The first-order chi connectivity index (χ1) is 11.1. The lowest BCUT2D eigenvalue weighted by Gasteiger charge is -2.46. The largest absolute Gasteiger partial charge is 0.467 e. The van der Waals surface area contributed by atoms with Crippen molar-refractivity contribution in [3.05, 3.63) is 34.3 Å². The van der Waals surface area contributed by atoms with Crippen LogP contribution in [0.2, 0.25) is 0 Å². The van der Waals surface area contributed by atoms with Crippen molar-refractivity contribution >= 4 is 21.9 Å². The van der Waals surface area contributed by atoms with E-state index in [-0.39, 0.29) is 18.2 Å². The van der Waals surface area contributed by atoms with Gasteiger partial charge < -0.3 is 19.5 Å². The van der Waals surface area contributed by atoms with E-state index in [2.05, 4.69) is 33.4 Å². The third-order valence-electron chi connectivity index (χ3n) is 4.95. The van der Waals surface area contributed by atoms with Gasteiger partial charge in [-0.3, -0.25) is 0 Å². The number of hydrogen-bond acceptors (Lipinski definition) is 5. The third kappa shape index (κ3) is 3.05. The first kappa shape index (κ1) is 16.9. The molecule has 0 saturated carbocycles. The Morgan fingerprint density at radius 2 is 1.96 bits per heavy atom. The summed E-state index contributed by atoms with van der Waals surface area (Å²) in [6.07, 6.45) is 2.47. The molecule has 0 bridgehead atoms. The molecule has 0 aromatic heterocycles. The van der Waals surface area contributed by atoms with Crippen LogP contribution in [0.5, 0.6) is 0 Å². The van der Waals surface area contributed by atoms with Crippen LogP contribution < -0.4 is 5.32 Å². The summed E-state index contributed by atoms with van der Waals surface area (Å²) < 4.78 is 18.2. The summed E-state index contributed by atoms with van der Waals surface area (Å²) >= 11 is 3.48. The van der Waals surface area contributed by atoms with Crippen molar-refractivity contribution in [3.63, 3.8) is 0 Å². The minimum Gasteiger partial charge on any atom is -0.467 e. The van der Waals surface area contributed by atoms with Gasteiger partial charge in [0.2, 0.25) is 0 Å². The average Bonchev–Trinajstić information content (AvgIpc) is 2.92. The molecule has 0 radical (unpaired) electrons. The topological polar surface area (TPSA) is 56.8 Å². The van der Waals surface area contributed by atoms with Crippen LogP contribution in [0.25, 0.3) is 0 Å². The fourth-order valence-corrected chi connectivity index (χ4v) is 4.03. The van der Waals surface area contributed by atoms with Gasteiger partial charge in [-0.05, 0) is 43.6 Å². The number of carbonyl (C=O) groups excluding carboxylic acids is 1. The SMILES string of the molecule is COC(=O)COC1(c2ccc(Br)cc2)CCOC12CCNCC2. The maximum absolute atomic E-state index is 11.7. The molecule has 1 aromatic rings. The van der Waals surface area contributed by atoms with E-state index in [1.54, 1.807) is 0 Å². The van der Waals surface area contributed by atoms with Crippen LogP contribution >= 0.6 is 15.9 Å². The van der Waals surface area contributed by atoms with Crippen molar-refractivity contribution in [2.24, 2.45) is 0 Å². The molecule has 2 fully saturated rings. The summed E-state index contributed by atoms with van der Waals surface area (Å²) in [6, 6.07) is 8.12. The number of ether oxygens (including phenoxy) is 3. The van der Waals surface area contributed by atoms with E-state index in [1.165, 1.54) is 7.11 Å². The quantitative estimate of drug-likeness (QED) is 0.808. The number of benzene rings is 1. The Hall–Kier alpha value is -0.950. The van der Waals surface area contributed by atoms with Crippen LogP contribution in [0.1, 0.15) is 24.8 Å². The van der Waals surface area contributed by atoms with Gasteiger partial charge in [0.05, 0.1) is 13.7 Å². The molecule has 2 aliphatic rings. The molecule has 5 nitrogen and oxygen atoms in total. The molecule has 2 aliphatic heterocycles. The molecule has 1 unspecified atom stereocenters. The number of nitrogens with one attached hydrogen (secondary N) is 1. The molecule has 1 N–H and O–H groups in total. The Morgan fingerprint density at radius 3 is 2.61 bits per heavy atom. The standard InChI is InChI=1S/C17H22BrNO4/c1-21-15(20)12-23-17(13-2-4-14(18)5-3-13)8-11-22-16(17)6-9-19-10-7-16/h2-5,19H,6-12H2,1H3. The summed E-state index contributed by atoms with van der Waals surface area (Å²) in [5.74, 6) is -0.363. The van der Waals surface area contributed by atoms with Crippen LogP contribution in [0.15, 0.2) is 28.7 Å². The Bertz CT molecular complexity index is 556. The Kier molecular flexibility index (Phi) is 5.06. The van der Waals surface area contributed by atoms with Crippen LogP contribution in [0.3, 0.4) is 0 Å². The van der Waals surface area contributed by atoms with Gasteiger partial charge in [0.1, 0.15) is 17.8 Å². The molecule has 1 aromatic carbocycles. The van der Waals surface area contributed by atoms with Gasteiger partial charge in [0.15, 0.2) is 0 Å². The van der Waals surface area contributed by atoms with Crippen molar-refractivity contribution < 1.29 is 19.0 Å². The number of hydrogen-bond donors (Lipinski definition) is 1. The summed E-state index contributed by atoms with van der Waals surface area (Å²) in [6.45, 7) is 2.35. The lowest BCUT2D eigenvalue weighted by Crippen LogP contribution is -2.56. The molecule has 6 heteroatoms. The number of methoxy groups -OCH3 is 1. The highest BCUT2D eigenvalue weighted by molar-refractivity contribution is 9.10. The van der Waals surface area contributed by atoms with E-state index < -0.39 is 5.60 Å². The molecule has 0 amide bonds. The van der Waals surface area contributed by atoms with Crippen molar-refractivity contribution in [2.45, 2.75) is 30.5 Å². The fourth-order valence-electron chi connectivity index (χ4n) is 3.77. The van der Waals surface area contributed by atoms with Crippen molar-refractivity contribution in [3.8, 4) is 0 Å². The van der Waals surface area contributed by atoms with Gasteiger partial charge in [-0.1, -0.05) is 28.1 Å². The maximum Gasteiger partial charge on any atom is 0.331 e. The van der Waals surface area contributed by atoms with Gasteiger partial charge >= 0.3 is 5.97 Å². The number of esters is 1. The zero-order valence-corrected chi connectivity index (χ0v) is 14.9. The molecular formula is C17H22BrNO4. The molecule has 2 saturated heterocycles. The zero-order valence-electron chi connectivity index (χ0n) is 13.3. The van der Waals surface area contributed by atoms with Gasteiger partial charge in [-0.2, -0.15) is 0 Å². The number of carbonyl (C=O) groups is 1. The fraction of sp³-hybridized carbons (Fsp3) is 0.588.